The van der Waals surface area contributed by atoms with Crippen molar-refractivity contribution >= 4 is 5.97 Å². The molecule has 0 saturated carbocycles. The first-order valence-corrected chi connectivity index (χ1v) is 6.63. The molecule has 1 heterocycles. The van der Waals surface area contributed by atoms with Gasteiger partial charge in [-0.15, -0.1) is 0 Å². The number of allylic oxidation sites excluding steroid dienone is 2. The third kappa shape index (κ3) is 2.56. The molecule has 1 aromatic carbocycles. The molecule has 1 N–H and O–H groups in total. The van der Waals surface area contributed by atoms with Crippen LogP contribution in [-0.2, 0) is 4.79 Å². The van der Waals surface area contributed by atoms with Crippen LogP contribution in [0.5, 0.6) is 0 Å². The molecule has 0 saturated heterocycles. The summed E-state index contributed by atoms with van der Waals surface area (Å²) in [5, 5.41) is 13.0. The molecule has 2 aromatic rings. The van der Waals surface area contributed by atoms with Gasteiger partial charge in [0.1, 0.15) is 5.82 Å². The van der Waals surface area contributed by atoms with E-state index in [0.717, 1.165) is 0 Å². The summed E-state index contributed by atoms with van der Waals surface area (Å²) >= 11 is 0. The Morgan fingerprint density at radius 2 is 2.05 bits per heavy atom. The first kappa shape index (κ1) is 13.5. The topological polar surface area (TPSA) is 76.2 Å². The fourth-order valence-corrected chi connectivity index (χ4v) is 2.50. The summed E-state index contributed by atoms with van der Waals surface area (Å²) in [6.45, 7) is 0. The second kappa shape index (κ2) is 5.47. The van der Waals surface area contributed by atoms with Crippen LogP contribution < -0.4 is 0 Å². The van der Waals surface area contributed by atoms with Gasteiger partial charge < -0.3 is 9.63 Å². The number of carboxylic acids is 1. The van der Waals surface area contributed by atoms with Crippen molar-refractivity contribution in [2.24, 2.45) is 5.92 Å². The Kier molecular flexibility index (Phi) is 3.51. The molecule has 3 rings (SSSR count). The number of hydrogen-bond acceptors (Lipinski definition) is 4. The van der Waals surface area contributed by atoms with Gasteiger partial charge in [-0.2, -0.15) is 4.98 Å². The average Bonchev–Trinajstić information content (AvgIpc) is 2.97. The molecule has 0 amide bonds. The van der Waals surface area contributed by atoms with E-state index < -0.39 is 17.7 Å². The molecule has 0 aliphatic heterocycles. The third-order valence-electron chi connectivity index (χ3n) is 3.62. The molecular formula is C15H13FN2O3. The van der Waals surface area contributed by atoms with E-state index in [4.69, 9.17) is 4.52 Å². The molecule has 1 aliphatic carbocycles. The molecule has 1 aromatic heterocycles. The van der Waals surface area contributed by atoms with Gasteiger partial charge in [-0.25, -0.2) is 4.39 Å². The standard InChI is InChI=1S/C15H13FN2O3/c16-12-8-4-3-7-11(12)13-17-14(21-18-13)9-5-1-2-6-10(9)15(19)20/h1-4,7-10H,5-6H2,(H,19,20)/t9-,10+/m1/s1. The number of aromatic nitrogens is 2. The molecule has 1 aliphatic rings. The van der Waals surface area contributed by atoms with Crippen LogP contribution in [0.25, 0.3) is 11.4 Å². The summed E-state index contributed by atoms with van der Waals surface area (Å²) in [5.41, 5.74) is 0.241. The van der Waals surface area contributed by atoms with Gasteiger partial charge in [-0.05, 0) is 25.0 Å². The number of halogens is 1. The van der Waals surface area contributed by atoms with Gasteiger partial charge in [0, 0.05) is 0 Å². The second-order valence-corrected chi connectivity index (χ2v) is 4.93. The highest BCUT2D eigenvalue weighted by Crippen LogP contribution is 2.34. The molecular weight excluding hydrogens is 275 g/mol. The molecule has 0 spiro atoms. The lowest BCUT2D eigenvalue weighted by Gasteiger charge is -2.21. The average molecular weight is 288 g/mol. The SMILES string of the molecule is O=C(O)[C@H]1CC=CC[C@H]1c1nc(-c2ccccc2F)no1. The summed E-state index contributed by atoms with van der Waals surface area (Å²) in [7, 11) is 0. The van der Waals surface area contributed by atoms with Crippen molar-refractivity contribution in [2.75, 3.05) is 0 Å². The zero-order chi connectivity index (χ0) is 14.8. The Morgan fingerprint density at radius 1 is 1.29 bits per heavy atom. The van der Waals surface area contributed by atoms with Gasteiger partial charge in [-0.3, -0.25) is 4.79 Å². The molecule has 0 radical (unpaired) electrons. The molecule has 0 bridgehead atoms. The van der Waals surface area contributed by atoms with Crippen LogP contribution in [0.15, 0.2) is 40.9 Å². The van der Waals surface area contributed by atoms with E-state index >= 15 is 0 Å². The highest BCUT2D eigenvalue weighted by molar-refractivity contribution is 5.71. The predicted molar refractivity (Wildman–Crippen MR) is 71.9 cm³/mol. The summed E-state index contributed by atoms with van der Waals surface area (Å²) < 4.78 is 18.9. The highest BCUT2D eigenvalue weighted by Gasteiger charge is 2.34. The summed E-state index contributed by atoms with van der Waals surface area (Å²) in [6.07, 6.45) is 4.69. The largest absolute Gasteiger partial charge is 0.481 e. The van der Waals surface area contributed by atoms with Crippen molar-refractivity contribution in [3.05, 3.63) is 48.1 Å². The minimum absolute atomic E-state index is 0.141. The molecule has 108 valence electrons. The Morgan fingerprint density at radius 3 is 2.81 bits per heavy atom. The Balaban J connectivity index is 1.93. The molecule has 0 unspecified atom stereocenters. The summed E-state index contributed by atoms with van der Waals surface area (Å²) in [4.78, 5) is 15.5. The lowest BCUT2D eigenvalue weighted by atomic mass is 9.83. The van der Waals surface area contributed by atoms with Crippen LogP contribution in [0.4, 0.5) is 4.39 Å². The monoisotopic (exact) mass is 288 g/mol. The van der Waals surface area contributed by atoms with Crippen molar-refractivity contribution in [1.82, 2.24) is 10.1 Å². The first-order valence-electron chi connectivity index (χ1n) is 6.63. The zero-order valence-corrected chi connectivity index (χ0v) is 11.1. The normalized spacial score (nSPS) is 21.4. The van der Waals surface area contributed by atoms with E-state index in [1.165, 1.54) is 6.07 Å². The van der Waals surface area contributed by atoms with E-state index in [-0.39, 0.29) is 23.2 Å². The molecule has 5 nitrogen and oxygen atoms in total. The van der Waals surface area contributed by atoms with E-state index in [9.17, 15) is 14.3 Å². The van der Waals surface area contributed by atoms with Crippen LogP contribution in [0.2, 0.25) is 0 Å². The minimum Gasteiger partial charge on any atom is -0.481 e. The summed E-state index contributed by atoms with van der Waals surface area (Å²) in [5.74, 6) is -1.92. The smallest absolute Gasteiger partial charge is 0.307 e. The second-order valence-electron chi connectivity index (χ2n) is 4.93. The number of benzene rings is 1. The maximum atomic E-state index is 13.7. The summed E-state index contributed by atoms with van der Waals surface area (Å²) in [6, 6.07) is 6.12. The number of hydrogen-bond donors (Lipinski definition) is 1. The van der Waals surface area contributed by atoms with Crippen molar-refractivity contribution in [3.63, 3.8) is 0 Å². The minimum atomic E-state index is -0.894. The molecule has 6 heteroatoms. The lowest BCUT2D eigenvalue weighted by molar-refractivity contribution is -0.142. The Hall–Kier alpha value is -2.50. The van der Waals surface area contributed by atoms with Crippen molar-refractivity contribution in [3.8, 4) is 11.4 Å². The number of carboxylic acid groups (broad SMARTS) is 1. The molecule has 21 heavy (non-hydrogen) atoms. The fraction of sp³-hybridized carbons (Fsp3) is 0.267. The maximum Gasteiger partial charge on any atom is 0.307 e. The van der Waals surface area contributed by atoms with Crippen LogP contribution in [0, 0.1) is 11.7 Å². The number of carbonyl (C=O) groups is 1. The van der Waals surface area contributed by atoms with Crippen LogP contribution in [0.3, 0.4) is 0 Å². The Labute approximate surface area is 120 Å². The van der Waals surface area contributed by atoms with E-state index in [0.29, 0.717) is 12.8 Å². The molecule has 0 fully saturated rings. The van der Waals surface area contributed by atoms with Gasteiger partial charge in [0.25, 0.3) is 0 Å². The third-order valence-corrected chi connectivity index (χ3v) is 3.62. The first-order chi connectivity index (χ1) is 10.2. The highest BCUT2D eigenvalue weighted by atomic mass is 19.1. The van der Waals surface area contributed by atoms with E-state index in [1.54, 1.807) is 18.2 Å². The quantitative estimate of drug-likeness (QED) is 0.878. The zero-order valence-electron chi connectivity index (χ0n) is 11.1. The predicted octanol–water partition coefficient (Wildman–Crippen LogP) is 3.01. The van der Waals surface area contributed by atoms with E-state index in [2.05, 4.69) is 10.1 Å². The van der Waals surface area contributed by atoms with Crippen LogP contribution >= 0.6 is 0 Å². The van der Waals surface area contributed by atoms with Crippen molar-refractivity contribution in [2.45, 2.75) is 18.8 Å². The van der Waals surface area contributed by atoms with Gasteiger partial charge >= 0.3 is 5.97 Å². The lowest BCUT2D eigenvalue weighted by Crippen LogP contribution is -2.23. The van der Waals surface area contributed by atoms with Gasteiger partial charge in [-0.1, -0.05) is 29.4 Å². The van der Waals surface area contributed by atoms with E-state index in [1.807, 2.05) is 12.2 Å². The number of aliphatic carboxylic acids is 1. The fourth-order valence-electron chi connectivity index (χ4n) is 2.50. The van der Waals surface area contributed by atoms with Crippen molar-refractivity contribution < 1.29 is 18.8 Å². The Bertz CT molecular complexity index is 696. The van der Waals surface area contributed by atoms with Gasteiger partial charge in [0.15, 0.2) is 0 Å². The number of nitrogens with zero attached hydrogens (tertiary/aromatic N) is 2. The van der Waals surface area contributed by atoms with Gasteiger partial charge in [0.05, 0.1) is 17.4 Å². The van der Waals surface area contributed by atoms with Crippen molar-refractivity contribution in [1.29, 1.82) is 0 Å². The van der Waals surface area contributed by atoms with Crippen LogP contribution in [-0.4, -0.2) is 21.2 Å². The molecule has 2 atom stereocenters. The number of rotatable bonds is 3. The van der Waals surface area contributed by atoms with Gasteiger partial charge in [0.2, 0.25) is 11.7 Å². The van der Waals surface area contributed by atoms with Crippen LogP contribution in [0.1, 0.15) is 24.7 Å². The maximum absolute atomic E-state index is 13.7.